The zero-order chi connectivity index (χ0) is 35.8. The molecule has 4 nitrogen and oxygen atoms in total. The van der Waals surface area contributed by atoms with Gasteiger partial charge in [-0.2, -0.15) is 0 Å². The smallest absolute Gasteiger partial charge is 0.217 e. The first kappa shape index (κ1) is 48.3. The molecule has 2 amide bonds. The fraction of sp³-hybridized carbons (Fsp3) is 0.818. The summed E-state index contributed by atoms with van der Waals surface area (Å²) in [6, 6.07) is 8.45. The van der Waals surface area contributed by atoms with Crippen molar-refractivity contribution in [2.75, 3.05) is 0 Å². The summed E-state index contributed by atoms with van der Waals surface area (Å²) in [5.41, 5.74) is 12.9. The zero-order valence-electron chi connectivity index (χ0n) is 32.9. The minimum Gasteiger partial charge on any atom is -0.370 e. The van der Waals surface area contributed by atoms with Crippen LogP contribution in [0.25, 0.3) is 0 Å². The molecule has 0 atom stereocenters. The van der Waals surface area contributed by atoms with E-state index >= 15 is 0 Å². The summed E-state index contributed by atoms with van der Waals surface area (Å²) in [5.74, 6) is -0.306. The van der Waals surface area contributed by atoms with Crippen LogP contribution in [0.15, 0.2) is 24.3 Å². The van der Waals surface area contributed by atoms with Gasteiger partial charge >= 0.3 is 0 Å². The molecule has 0 saturated carbocycles. The molecule has 282 valence electrons. The molecule has 48 heavy (non-hydrogen) atoms. The number of nitrogens with two attached hydrogens (primary N) is 2. The largest absolute Gasteiger partial charge is 0.370 e. The van der Waals surface area contributed by atoms with E-state index in [-0.39, 0.29) is 11.8 Å². The summed E-state index contributed by atoms with van der Waals surface area (Å²) in [7, 11) is 0. The monoisotopic (exact) mass is 673 g/mol. The molecule has 0 fully saturated rings. The van der Waals surface area contributed by atoms with E-state index in [0.29, 0.717) is 12.8 Å². The van der Waals surface area contributed by atoms with E-state index in [0.717, 1.165) is 12.8 Å². The highest BCUT2D eigenvalue weighted by Gasteiger charge is 1.97. The van der Waals surface area contributed by atoms with E-state index in [1.165, 1.54) is 191 Å². The Balaban J connectivity index is 0. The molecule has 0 aliphatic rings. The van der Waals surface area contributed by atoms with E-state index in [1.54, 1.807) is 0 Å². The van der Waals surface area contributed by atoms with Gasteiger partial charge in [0.05, 0.1) is 0 Å². The lowest BCUT2D eigenvalue weighted by Crippen LogP contribution is -2.09. The van der Waals surface area contributed by atoms with Crippen LogP contribution < -0.4 is 11.5 Å². The van der Waals surface area contributed by atoms with Crippen molar-refractivity contribution in [1.82, 2.24) is 0 Å². The maximum absolute atomic E-state index is 10.6. The van der Waals surface area contributed by atoms with Gasteiger partial charge in [0.1, 0.15) is 0 Å². The van der Waals surface area contributed by atoms with Crippen molar-refractivity contribution in [3.63, 3.8) is 0 Å². The van der Waals surface area contributed by atoms with Gasteiger partial charge in [-0.3, -0.25) is 9.59 Å². The third-order valence-corrected chi connectivity index (χ3v) is 9.23. The third-order valence-electron chi connectivity index (χ3n) is 9.23. The number of carbonyl (C=O) groups is 2. The van der Waals surface area contributed by atoms with Crippen LogP contribution in [0.4, 0.5) is 0 Å². The quantitative estimate of drug-likeness (QED) is 0.0746. The van der Waals surface area contributed by atoms with Gasteiger partial charge in [-0.15, -0.1) is 0 Å². The lowest BCUT2D eigenvalue weighted by molar-refractivity contribution is -0.119. The highest BCUT2D eigenvalue weighted by atomic mass is 16.1. The van der Waals surface area contributed by atoms with Gasteiger partial charge in [-0.25, -0.2) is 0 Å². The fourth-order valence-corrected chi connectivity index (χ4v) is 6.15. The normalized spacial score (nSPS) is 10.6. The predicted molar refractivity (Wildman–Crippen MR) is 213 cm³/mol. The van der Waals surface area contributed by atoms with Crippen LogP contribution in [0.2, 0.25) is 0 Å². The van der Waals surface area contributed by atoms with Crippen LogP contribution in [0.5, 0.6) is 0 Å². The van der Waals surface area contributed by atoms with E-state index in [2.05, 4.69) is 52.0 Å². The number of rotatable bonds is 32. The molecule has 0 heterocycles. The van der Waals surface area contributed by atoms with Crippen LogP contribution in [0, 0.1) is 13.8 Å². The molecule has 4 N–H and O–H groups in total. The van der Waals surface area contributed by atoms with Crippen LogP contribution in [0.1, 0.15) is 230 Å². The molecule has 0 aromatic heterocycles. The van der Waals surface area contributed by atoms with Crippen molar-refractivity contribution < 1.29 is 9.59 Å². The lowest BCUT2D eigenvalue weighted by Gasteiger charge is -2.03. The Morgan fingerprint density at radius 2 is 0.604 bits per heavy atom. The lowest BCUT2D eigenvalue weighted by atomic mass is 10.0. The Labute approximate surface area is 300 Å². The summed E-state index contributed by atoms with van der Waals surface area (Å²) in [6.07, 6.45) is 41.8. The second-order valence-electron chi connectivity index (χ2n) is 14.5. The van der Waals surface area contributed by atoms with Gasteiger partial charge < -0.3 is 11.5 Å². The van der Waals surface area contributed by atoms with Gasteiger partial charge in [-0.1, -0.05) is 229 Å². The van der Waals surface area contributed by atoms with Crippen molar-refractivity contribution in [3.8, 4) is 0 Å². The van der Waals surface area contributed by atoms with Crippen molar-refractivity contribution >= 4 is 11.8 Å². The molecule has 0 aliphatic heterocycles. The van der Waals surface area contributed by atoms with E-state index in [1.807, 2.05) is 0 Å². The van der Waals surface area contributed by atoms with Gasteiger partial charge in [0, 0.05) is 12.8 Å². The number of unbranched alkanes of at least 4 members (excludes halogenated alkanes) is 28. The summed E-state index contributed by atoms with van der Waals surface area (Å²) in [4.78, 5) is 21.1. The topological polar surface area (TPSA) is 86.2 Å². The van der Waals surface area contributed by atoms with E-state index in [9.17, 15) is 9.59 Å². The Hall–Kier alpha value is -1.84. The molecule has 1 rings (SSSR count). The molecule has 0 saturated heterocycles. The Morgan fingerprint density at radius 3 is 0.771 bits per heavy atom. The molecule has 0 unspecified atom stereocenters. The minimum atomic E-state index is -0.153. The molecular formula is C44H84N2O2. The average Bonchev–Trinajstić information content (AvgIpc) is 3.05. The van der Waals surface area contributed by atoms with Crippen LogP contribution >= 0.6 is 0 Å². The number of primary amides is 2. The number of hydrogen-bond acceptors (Lipinski definition) is 2. The number of amides is 2. The van der Waals surface area contributed by atoms with Gasteiger partial charge in [0.15, 0.2) is 0 Å². The maximum Gasteiger partial charge on any atom is 0.217 e. The standard InChI is InChI=1S/2C18H37NO.C8H10/c2*1-2-3-4-5-6-7-8-9-10-11-12-13-14-15-16-17-18(19)20;1-7-4-3-5-8(2)6-7/h2*2-17H2,1H3,(H2,19,20);3-6H,1-2H3. The number of aryl methyl sites for hydroxylation is 2. The van der Waals surface area contributed by atoms with Gasteiger partial charge in [-0.05, 0) is 26.7 Å². The van der Waals surface area contributed by atoms with Crippen molar-refractivity contribution in [2.24, 2.45) is 11.5 Å². The van der Waals surface area contributed by atoms with Crippen molar-refractivity contribution in [1.29, 1.82) is 0 Å². The molecule has 0 aliphatic carbocycles. The SMILES string of the molecule is CCCCCCCCCCCCCCCCCC(N)=O.CCCCCCCCCCCCCCCCCC(N)=O.Cc1cccc(C)c1. The first-order chi connectivity index (χ1) is 23.3. The number of carbonyl (C=O) groups excluding carboxylic acids is 2. The molecular weight excluding hydrogens is 588 g/mol. The predicted octanol–water partition coefficient (Wildman–Crippen LogP) is 13.8. The molecule has 0 bridgehead atoms. The highest BCUT2D eigenvalue weighted by molar-refractivity contribution is 5.73. The van der Waals surface area contributed by atoms with Crippen LogP contribution in [0.3, 0.4) is 0 Å². The van der Waals surface area contributed by atoms with Crippen LogP contribution in [-0.4, -0.2) is 11.8 Å². The molecule has 4 heteroatoms. The minimum absolute atomic E-state index is 0.153. The van der Waals surface area contributed by atoms with Crippen molar-refractivity contribution in [3.05, 3.63) is 35.4 Å². The summed E-state index contributed by atoms with van der Waals surface area (Å²) in [5, 5.41) is 0. The van der Waals surface area contributed by atoms with E-state index < -0.39 is 0 Å². The first-order valence-electron chi connectivity index (χ1n) is 20.9. The van der Waals surface area contributed by atoms with Gasteiger partial charge in [0.25, 0.3) is 0 Å². The Bertz CT molecular complexity index is 733. The van der Waals surface area contributed by atoms with Gasteiger partial charge in [0.2, 0.25) is 11.8 Å². The zero-order valence-corrected chi connectivity index (χ0v) is 32.9. The number of benzene rings is 1. The summed E-state index contributed by atoms with van der Waals surface area (Å²) >= 11 is 0. The summed E-state index contributed by atoms with van der Waals surface area (Å²) < 4.78 is 0. The molecule has 1 aromatic carbocycles. The molecule has 0 spiro atoms. The molecule has 0 radical (unpaired) electrons. The van der Waals surface area contributed by atoms with E-state index in [4.69, 9.17) is 11.5 Å². The fourth-order valence-electron chi connectivity index (χ4n) is 6.15. The number of hydrogen-bond donors (Lipinski definition) is 2. The maximum atomic E-state index is 10.6. The second kappa shape index (κ2) is 41.3. The van der Waals surface area contributed by atoms with Crippen LogP contribution in [-0.2, 0) is 9.59 Å². The second-order valence-corrected chi connectivity index (χ2v) is 14.5. The Kier molecular flexibility index (Phi) is 41.6. The first-order valence-corrected chi connectivity index (χ1v) is 20.9. The molecule has 1 aromatic rings. The highest BCUT2D eigenvalue weighted by Crippen LogP contribution is 2.15. The third kappa shape index (κ3) is 46.3. The summed E-state index contributed by atoms with van der Waals surface area (Å²) in [6.45, 7) is 8.76. The van der Waals surface area contributed by atoms with Crippen molar-refractivity contribution in [2.45, 2.75) is 233 Å². The average molecular weight is 673 g/mol. The Morgan fingerprint density at radius 1 is 0.396 bits per heavy atom.